The van der Waals surface area contributed by atoms with Crippen LogP contribution in [0, 0.1) is 0 Å². The fourth-order valence-corrected chi connectivity index (χ4v) is 9.22. The van der Waals surface area contributed by atoms with Crippen molar-refractivity contribution in [1.29, 1.82) is 0 Å². The maximum Gasteiger partial charge on any atom is 0.248 e. The highest BCUT2D eigenvalue weighted by Gasteiger charge is 2.38. The van der Waals surface area contributed by atoms with Gasteiger partial charge >= 0.3 is 0 Å². The molecule has 0 aliphatic carbocycles. The summed E-state index contributed by atoms with van der Waals surface area (Å²) in [5.74, 6) is 0.883. The van der Waals surface area contributed by atoms with Crippen LogP contribution in [0.4, 0.5) is 0 Å². The van der Waals surface area contributed by atoms with Gasteiger partial charge in [-0.2, -0.15) is 16.9 Å². The third-order valence-corrected chi connectivity index (χ3v) is 13.2. The second-order valence-electron chi connectivity index (χ2n) is 14.5. The maximum absolute atomic E-state index is 14.2. The first-order valence-electron chi connectivity index (χ1n) is 20.9. The van der Waals surface area contributed by atoms with E-state index in [1.807, 2.05) is 75.5 Å². The summed E-state index contributed by atoms with van der Waals surface area (Å²) in [4.78, 5) is 57.0. The summed E-state index contributed by atoms with van der Waals surface area (Å²) in [6, 6.07) is 6.76. The van der Waals surface area contributed by atoms with Crippen LogP contribution in [0.1, 0.15) is 57.9 Å². The number of rotatable bonds is 28. The lowest BCUT2D eigenvalue weighted by Crippen LogP contribution is -2.54. The Kier molecular flexibility index (Phi) is 25.9. The number of nitrogens with one attached hydrogen (secondary N) is 6. The fraction of sp³-hybridized carbons (Fsp3) is 0.524. The number of nitrogens with two attached hydrogens (primary N) is 3. The smallest absolute Gasteiger partial charge is 0.248 e. The molecule has 1 fully saturated rings. The van der Waals surface area contributed by atoms with Crippen molar-refractivity contribution in [2.75, 3.05) is 56.4 Å². The molecule has 1 unspecified atom stereocenters. The van der Waals surface area contributed by atoms with E-state index in [-0.39, 0.29) is 29.7 Å². The van der Waals surface area contributed by atoms with Crippen LogP contribution in [-0.2, 0) is 19.2 Å². The molecule has 62 heavy (non-hydrogen) atoms. The van der Waals surface area contributed by atoms with E-state index in [9.17, 15) is 19.2 Å². The lowest BCUT2D eigenvalue weighted by molar-refractivity contribution is -0.139. The number of thioether (sulfide) groups is 2. The van der Waals surface area contributed by atoms with Crippen molar-refractivity contribution in [2.45, 2.75) is 82.6 Å². The van der Waals surface area contributed by atoms with E-state index < -0.39 is 24.2 Å². The quantitative estimate of drug-likeness (QED) is 0.0331. The predicted molar refractivity (Wildman–Crippen MR) is 260 cm³/mol. The van der Waals surface area contributed by atoms with Crippen LogP contribution in [0.2, 0.25) is 0 Å². The van der Waals surface area contributed by atoms with Crippen molar-refractivity contribution < 1.29 is 19.2 Å². The van der Waals surface area contributed by atoms with Crippen molar-refractivity contribution in [2.24, 2.45) is 26.2 Å². The highest BCUT2D eigenvalue weighted by Crippen LogP contribution is 2.27. The van der Waals surface area contributed by atoms with Crippen molar-refractivity contribution in [3.05, 3.63) is 88.5 Å². The standard InChI is InChI=1S/C42H66N12O4S4/c1-5-7-8-11-18-31-21-23-49-53-62-40(31)51-38(56)34(26-59-6-2)50-37(55)32(47-24-22-43)19-14-10-15-20-33(48-25-29(3)46-4)42(58)54-28-60-27-35(54)39(57)52-41(61-45)36(44)30-16-12-9-13-17-30/h5,7-9,11-13,16-18,29,32-35,46-48H,1,6,10,14-15,19-28,43-45H2,2-4H3,(H,50,55)(H,51,56)(H,52,57)/b8-7-,18-11+,41-36-/t29-,32-,33?,34-,35-/m0/s1. The monoisotopic (exact) mass is 930 g/mol. The highest BCUT2D eigenvalue weighted by atomic mass is 32.2. The molecule has 2 aliphatic heterocycles. The minimum absolute atomic E-state index is 0.110. The minimum Gasteiger partial charge on any atom is -0.396 e. The van der Waals surface area contributed by atoms with E-state index in [0.29, 0.717) is 91.4 Å². The molecule has 20 heteroatoms. The largest absolute Gasteiger partial charge is 0.396 e. The van der Waals surface area contributed by atoms with Gasteiger partial charge in [0.25, 0.3) is 0 Å². The van der Waals surface area contributed by atoms with Gasteiger partial charge in [-0.05, 0) is 56.5 Å². The normalized spacial score (nSPS) is 18.0. The lowest BCUT2D eigenvalue weighted by Gasteiger charge is -2.29. The van der Waals surface area contributed by atoms with E-state index in [4.69, 9.17) is 16.6 Å². The van der Waals surface area contributed by atoms with Crippen molar-refractivity contribution in [1.82, 2.24) is 36.8 Å². The molecule has 342 valence electrons. The molecule has 0 spiro atoms. The van der Waals surface area contributed by atoms with Crippen molar-refractivity contribution >= 4 is 76.7 Å². The van der Waals surface area contributed by atoms with E-state index in [1.165, 1.54) is 11.8 Å². The third-order valence-electron chi connectivity index (χ3n) is 9.93. The van der Waals surface area contributed by atoms with E-state index in [2.05, 4.69) is 48.1 Å². The molecule has 16 nitrogen and oxygen atoms in total. The maximum atomic E-state index is 14.2. The van der Waals surface area contributed by atoms with Crippen molar-refractivity contribution in [3.63, 3.8) is 0 Å². The van der Waals surface area contributed by atoms with Crippen LogP contribution < -0.4 is 48.5 Å². The van der Waals surface area contributed by atoms with Gasteiger partial charge in [-0.1, -0.05) is 93.5 Å². The Morgan fingerprint density at radius 2 is 1.79 bits per heavy atom. The Balaban J connectivity index is 1.65. The van der Waals surface area contributed by atoms with Crippen LogP contribution in [0.15, 0.2) is 92.6 Å². The summed E-state index contributed by atoms with van der Waals surface area (Å²) in [5, 5.41) is 29.8. The van der Waals surface area contributed by atoms with Crippen LogP contribution in [0.3, 0.4) is 0 Å². The number of hydrogen-bond donors (Lipinski definition) is 9. The van der Waals surface area contributed by atoms with Gasteiger partial charge in [0.1, 0.15) is 22.1 Å². The summed E-state index contributed by atoms with van der Waals surface area (Å²) in [7, 11) is 1.87. The van der Waals surface area contributed by atoms with Crippen LogP contribution in [-0.4, -0.2) is 115 Å². The zero-order valence-corrected chi connectivity index (χ0v) is 39.4. The average molecular weight is 931 g/mol. The Labute approximate surface area is 384 Å². The first kappa shape index (κ1) is 52.7. The number of carbonyl (C=O) groups is 4. The molecule has 2 aliphatic rings. The molecule has 0 saturated carbocycles. The number of allylic oxidation sites excluding steroid dienone is 5. The van der Waals surface area contributed by atoms with Gasteiger partial charge in [0.15, 0.2) is 0 Å². The summed E-state index contributed by atoms with van der Waals surface area (Å²) in [5.41, 5.74) is 14.2. The SMILES string of the molecule is C=C/C=C\C=C\C1=C(NC(=O)[C@H](CSCC)NC(=O)[C@H](CCCCCC(NC[C@H](C)NC)C(=O)N2CSC[C@H]2C(=O)N/C(SN)=C(/N)c2ccccc2)NCCN)SN=NCC1. The molecule has 1 aromatic rings. The molecule has 1 saturated heterocycles. The molecular formula is C42H66N12O4S4. The summed E-state index contributed by atoms with van der Waals surface area (Å²) < 4.78 is 4.12. The van der Waals surface area contributed by atoms with Gasteiger partial charge in [-0.3, -0.25) is 24.3 Å². The lowest BCUT2D eigenvalue weighted by atomic mass is 10.0. The molecular weight excluding hydrogens is 865 g/mol. The molecule has 0 aromatic heterocycles. The highest BCUT2D eigenvalue weighted by molar-refractivity contribution is 8.01. The van der Waals surface area contributed by atoms with E-state index >= 15 is 0 Å². The van der Waals surface area contributed by atoms with Crippen LogP contribution in [0.25, 0.3) is 5.70 Å². The Morgan fingerprint density at radius 3 is 2.48 bits per heavy atom. The Hall–Kier alpha value is -3.60. The number of carbonyl (C=O) groups excluding carboxylic acids is 4. The topological polar surface area (TPSA) is 246 Å². The Morgan fingerprint density at radius 1 is 1.03 bits per heavy atom. The first-order chi connectivity index (χ1) is 30.1. The van der Waals surface area contributed by atoms with Crippen LogP contribution in [0.5, 0.6) is 0 Å². The summed E-state index contributed by atoms with van der Waals surface area (Å²) in [6.45, 7) is 9.54. The van der Waals surface area contributed by atoms with E-state index in [1.54, 1.807) is 22.7 Å². The predicted octanol–water partition coefficient (Wildman–Crippen LogP) is 3.70. The van der Waals surface area contributed by atoms with Gasteiger partial charge in [-0.15, -0.1) is 16.3 Å². The number of benzene rings is 1. The zero-order valence-electron chi connectivity index (χ0n) is 36.1. The molecule has 2 heterocycles. The van der Waals surface area contributed by atoms with Gasteiger partial charge in [0.2, 0.25) is 23.6 Å². The minimum atomic E-state index is -0.792. The molecule has 12 N–H and O–H groups in total. The van der Waals surface area contributed by atoms with E-state index in [0.717, 1.165) is 47.2 Å². The number of hydrogen-bond acceptors (Lipinski definition) is 16. The van der Waals surface area contributed by atoms with Gasteiger partial charge < -0.3 is 48.3 Å². The second kappa shape index (κ2) is 30.5. The second-order valence-corrected chi connectivity index (χ2v) is 18.2. The molecule has 3 rings (SSSR count). The van der Waals surface area contributed by atoms with Crippen molar-refractivity contribution in [3.8, 4) is 0 Å². The van der Waals surface area contributed by atoms with Gasteiger partial charge in [-0.25, -0.2) is 0 Å². The summed E-state index contributed by atoms with van der Waals surface area (Å²) in [6.07, 6.45) is 12.9. The third kappa shape index (κ3) is 18.2. The molecule has 4 amide bonds. The zero-order chi connectivity index (χ0) is 45.1. The number of likely N-dealkylation sites (N-methyl/N-ethyl adjacent to an activating group) is 1. The Bertz CT molecular complexity index is 1750. The summed E-state index contributed by atoms with van der Waals surface area (Å²) >= 11 is 5.04. The van der Waals surface area contributed by atoms with Gasteiger partial charge in [0, 0.05) is 42.7 Å². The molecule has 0 radical (unpaired) electrons. The fourth-order valence-electron chi connectivity index (χ4n) is 6.29. The molecule has 0 bridgehead atoms. The average Bonchev–Trinajstić information content (AvgIpc) is 3.68. The number of unbranched alkanes of at least 4 members (excludes halogenated alkanes) is 2. The number of amides is 4. The molecule has 5 atom stereocenters. The van der Waals surface area contributed by atoms with Crippen LogP contribution >= 0.6 is 47.4 Å². The molecule has 1 aromatic carbocycles. The first-order valence-corrected chi connectivity index (χ1v) is 24.9. The number of nitrogens with zero attached hydrogens (tertiary/aromatic N) is 3. The van der Waals surface area contributed by atoms with Gasteiger partial charge in [0.05, 0.1) is 42.2 Å².